The SMILES string of the molecule is O=C(Cc1ccccc1)NC(=S)Nc1ccc(Oc2ccnc3cc(C(=O)N4CCCC4)sc23)c(Cl)c1. The fourth-order valence-electron chi connectivity index (χ4n) is 4.07. The first-order chi connectivity index (χ1) is 18.0. The normalized spacial score (nSPS) is 12.9. The number of carbonyl (C=O) groups excluding carboxylic acids is 2. The maximum absolute atomic E-state index is 12.8. The number of rotatable bonds is 6. The number of hydrogen-bond donors (Lipinski definition) is 2. The molecule has 5 rings (SSSR count). The predicted molar refractivity (Wildman–Crippen MR) is 151 cm³/mol. The number of nitrogens with one attached hydrogen (secondary N) is 2. The van der Waals surface area contributed by atoms with Crippen LogP contribution in [0.2, 0.25) is 5.02 Å². The Balaban J connectivity index is 1.25. The van der Waals surface area contributed by atoms with Crippen LogP contribution in [0.15, 0.2) is 66.9 Å². The van der Waals surface area contributed by atoms with E-state index >= 15 is 0 Å². The lowest BCUT2D eigenvalue weighted by molar-refractivity contribution is -0.119. The maximum Gasteiger partial charge on any atom is 0.264 e. The zero-order valence-corrected chi connectivity index (χ0v) is 22.1. The zero-order valence-electron chi connectivity index (χ0n) is 19.7. The van der Waals surface area contributed by atoms with Gasteiger partial charge in [-0.2, -0.15) is 0 Å². The van der Waals surface area contributed by atoms with Crippen molar-refractivity contribution in [3.05, 3.63) is 82.3 Å². The van der Waals surface area contributed by atoms with Gasteiger partial charge in [0.1, 0.15) is 11.5 Å². The molecule has 2 amide bonds. The van der Waals surface area contributed by atoms with Crippen molar-refractivity contribution in [1.29, 1.82) is 0 Å². The number of carbonyl (C=O) groups is 2. The molecule has 0 saturated carbocycles. The lowest BCUT2D eigenvalue weighted by atomic mass is 10.1. The molecular weight excluding hydrogens is 528 g/mol. The Morgan fingerprint density at radius 1 is 1.05 bits per heavy atom. The average molecular weight is 551 g/mol. The van der Waals surface area contributed by atoms with Crippen molar-refractivity contribution in [2.75, 3.05) is 18.4 Å². The number of halogens is 1. The fraction of sp³-hybridized carbons (Fsp3) is 0.185. The van der Waals surface area contributed by atoms with Gasteiger partial charge < -0.3 is 20.3 Å². The molecule has 3 heterocycles. The molecule has 1 aliphatic rings. The number of thiocarbonyl (C=S) groups is 1. The van der Waals surface area contributed by atoms with E-state index in [1.54, 1.807) is 30.5 Å². The van der Waals surface area contributed by atoms with Crippen molar-refractivity contribution in [2.24, 2.45) is 0 Å². The summed E-state index contributed by atoms with van der Waals surface area (Å²) in [5.41, 5.74) is 2.21. The smallest absolute Gasteiger partial charge is 0.264 e. The predicted octanol–water partition coefficient (Wildman–Crippen LogP) is 6.03. The van der Waals surface area contributed by atoms with Gasteiger partial charge in [-0.05, 0) is 54.9 Å². The Labute approximate surface area is 228 Å². The molecule has 4 aromatic rings. The largest absolute Gasteiger partial charge is 0.454 e. The summed E-state index contributed by atoms with van der Waals surface area (Å²) in [6, 6.07) is 18.1. The second-order valence-corrected chi connectivity index (χ2v) is 10.4. The third-order valence-corrected chi connectivity index (χ3v) is 7.48. The van der Waals surface area contributed by atoms with Gasteiger partial charge in [-0.25, -0.2) is 0 Å². The van der Waals surface area contributed by atoms with E-state index in [-0.39, 0.29) is 23.3 Å². The summed E-state index contributed by atoms with van der Waals surface area (Å²) in [7, 11) is 0. The van der Waals surface area contributed by atoms with Crippen LogP contribution in [0.3, 0.4) is 0 Å². The van der Waals surface area contributed by atoms with Gasteiger partial charge in [0.15, 0.2) is 5.11 Å². The number of nitrogens with zero attached hydrogens (tertiary/aromatic N) is 2. The molecule has 2 N–H and O–H groups in total. The highest BCUT2D eigenvalue weighted by Crippen LogP contribution is 2.38. The van der Waals surface area contributed by atoms with Crippen molar-refractivity contribution in [3.63, 3.8) is 0 Å². The Bertz CT molecular complexity index is 1470. The molecule has 7 nitrogen and oxygen atoms in total. The summed E-state index contributed by atoms with van der Waals surface area (Å²) in [4.78, 5) is 32.0. The fourth-order valence-corrected chi connectivity index (χ4v) is 5.56. The summed E-state index contributed by atoms with van der Waals surface area (Å²) in [6.07, 6.45) is 3.95. The van der Waals surface area contributed by atoms with Crippen LogP contribution in [0.25, 0.3) is 10.2 Å². The summed E-state index contributed by atoms with van der Waals surface area (Å²) in [5, 5.41) is 6.18. The highest BCUT2D eigenvalue weighted by molar-refractivity contribution is 7.80. The van der Waals surface area contributed by atoms with Crippen LogP contribution in [0.1, 0.15) is 28.1 Å². The third-order valence-electron chi connectivity index (χ3n) is 5.85. The maximum atomic E-state index is 12.8. The van der Waals surface area contributed by atoms with Gasteiger partial charge in [0.2, 0.25) is 5.91 Å². The molecule has 1 saturated heterocycles. The van der Waals surface area contributed by atoms with Gasteiger partial charge in [-0.1, -0.05) is 41.9 Å². The van der Waals surface area contributed by atoms with Gasteiger partial charge in [-0.15, -0.1) is 11.3 Å². The van der Waals surface area contributed by atoms with Crippen LogP contribution < -0.4 is 15.4 Å². The van der Waals surface area contributed by atoms with Crippen LogP contribution in [-0.2, 0) is 11.2 Å². The van der Waals surface area contributed by atoms with Crippen LogP contribution in [0.5, 0.6) is 11.5 Å². The van der Waals surface area contributed by atoms with Gasteiger partial charge >= 0.3 is 0 Å². The molecular formula is C27H23ClN4O3S2. The van der Waals surface area contributed by atoms with Gasteiger partial charge in [0.05, 0.1) is 26.5 Å². The van der Waals surface area contributed by atoms with Crippen LogP contribution in [0, 0.1) is 0 Å². The average Bonchev–Trinajstić information content (AvgIpc) is 3.57. The number of fused-ring (bicyclic) bond motifs is 1. The quantitative estimate of drug-likeness (QED) is 0.285. The Morgan fingerprint density at radius 2 is 1.84 bits per heavy atom. The minimum absolute atomic E-state index is 0.0340. The molecule has 0 unspecified atom stereocenters. The molecule has 0 radical (unpaired) electrons. The van der Waals surface area contributed by atoms with Gasteiger partial charge in [0, 0.05) is 31.0 Å². The van der Waals surface area contributed by atoms with E-state index in [1.807, 2.05) is 41.3 Å². The van der Waals surface area contributed by atoms with Crippen molar-refractivity contribution in [3.8, 4) is 11.5 Å². The van der Waals surface area contributed by atoms with Crippen LogP contribution >= 0.6 is 35.2 Å². The molecule has 0 spiro atoms. The summed E-state index contributed by atoms with van der Waals surface area (Å²) >= 11 is 13.1. The second kappa shape index (κ2) is 11.2. The van der Waals surface area contributed by atoms with E-state index in [0.29, 0.717) is 32.6 Å². The minimum atomic E-state index is -0.213. The molecule has 0 aliphatic carbocycles. The molecule has 188 valence electrons. The van der Waals surface area contributed by atoms with Crippen LogP contribution in [0.4, 0.5) is 5.69 Å². The second-order valence-electron chi connectivity index (χ2n) is 8.55. The number of benzene rings is 2. The molecule has 1 fully saturated rings. The highest BCUT2D eigenvalue weighted by atomic mass is 35.5. The van der Waals surface area contributed by atoms with Gasteiger partial charge in [0.25, 0.3) is 5.91 Å². The van der Waals surface area contributed by atoms with Crippen molar-refractivity contribution in [1.82, 2.24) is 15.2 Å². The Hall–Kier alpha value is -3.53. The zero-order chi connectivity index (χ0) is 25.8. The number of thiophene rings is 1. The van der Waals surface area contributed by atoms with E-state index in [4.69, 9.17) is 28.6 Å². The molecule has 2 aromatic heterocycles. The molecule has 10 heteroatoms. The topological polar surface area (TPSA) is 83.6 Å². The number of hydrogen-bond acceptors (Lipinski definition) is 6. The van der Waals surface area contributed by atoms with Gasteiger partial charge in [-0.3, -0.25) is 14.6 Å². The number of ether oxygens (including phenoxy) is 1. The van der Waals surface area contributed by atoms with E-state index in [0.717, 1.165) is 36.2 Å². The summed E-state index contributed by atoms with van der Waals surface area (Å²) in [5.74, 6) is 0.836. The number of aromatic nitrogens is 1. The standard InChI is InChI=1S/C27H23ClN4O3S2/c28-19-15-18(30-27(36)31-24(33)14-17-6-2-1-3-7-17)8-9-21(19)35-22-10-11-29-20-16-23(37-25(20)22)26(34)32-12-4-5-13-32/h1-3,6-11,15-16H,4-5,12-14H2,(H2,30,31,33,36). The highest BCUT2D eigenvalue weighted by Gasteiger charge is 2.22. The molecule has 1 aliphatic heterocycles. The van der Waals surface area contributed by atoms with E-state index in [9.17, 15) is 9.59 Å². The number of likely N-dealkylation sites (tertiary alicyclic amines) is 1. The molecule has 2 aromatic carbocycles. The molecule has 0 bridgehead atoms. The van der Waals surface area contributed by atoms with E-state index in [2.05, 4.69) is 15.6 Å². The first-order valence-corrected chi connectivity index (χ1v) is 13.4. The van der Waals surface area contributed by atoms with Crippen molar-refractivity contribution >= 4 is 68.0 Å². The molecule has 37 heavy (non-hydrogen) atoms. The lowest BCUT2D eigenvalue weighted by Crippen LogP contribution is -2.35. The Morgan fingerprint density at radius 3 is 2.59 bits per heavy atom. The molecule has 0 atom stereocenters. The Kier molecular flexibility index (Phi) is 7.64. The summed E-state index contributed by atoms with van der Waals surface area (Å²) in [6.45, 7) is 1.58. The van der Waals surface area contributed by atoms with Crippen LogP contribution in [-0.4, -0.2) is 39.9 Å². The number of anilines is 1. The number of pyridine rings is 1. The van der Waals surface area contributed by atoms with E-state index in [1.165, 1.54) is 11.3 Å². The first-order valence-electron chi connectivity index (χ1n) is 11.8. The third kappa shape index (κ3) is 6.07. The van der Waals surface area contributed by atoms with Crippen molar-refractivity contribution in [2.45, 2.75) is 19.3 Å². The number of amides is 2. The monoisotopic (exact) mass is 550 g/mol. The summed E-state index contributed by atoms with van der Waals surface area (Å²) < 4.78 is 6.90. The van der Waals surface area contributed by atoms with Crippen molar-refractivity contribution < 1.29 is 14.3 Å². The first kappa shape index (κ1) is 25.1. The van der Waals surface area contributed by atoms with E-state index < -0.39 is 0 Å². The minimum Gasteiger partial charge on any atom is -0.454 e. The lowest BCUT2D eigenvalue weighted by Gasteiger charge is -2.13.